The van der Waals surface area contributed by atoms with Gasteiger partial charge in [0.05, 0.1) is 11.5 Å². The van der Waals surface area contributed by atoms with Gasteiger partial charge in [-0.3, -0.25) is 4.99 Å². The quantitative estimate of drug-likeness (QED) is 0.596. The van der Waals surface area contributed by atoms with Gasteiger partial charge >= 0.3 is 0 Å². The summed E-state index contributed by atoms with van der Waals surface area (Å²) >= 11 is 0. The second-order valence-electron chi connectivity index (χ2n) is 2.99. The van der Waals surface area contributed by atoms with Crippen molar-refractivity contribution in [2.75, 3.05) is 0 Å². The van der Waals surface area contributed by atoms with E-state index in [1.807, 2.05) is 12.3 Å². The minimum absolute atomic E-state index is 0.00231. The molecule has 2 aliphatic rings. The molecule has 1 heterocycles. The Morgan fingerprint density at radius 3 is 2.91 bits per heavy atom. The number of allylic oxidation sites excluding steroid dienone is 1. The van der Waals surface area contributed by atoms with Gasteiger partial charge in [0, 0.05) is 6.21 Å². The van der Waals surface area contributed by atoms with Crippen LogP contribution < -0.4 is 5.32 Å². The van der Waals surface area contributed by atoms with Crippen LogP contribution in [-0.2, 0) is 0 Å². The molecule has 0 saturated heterocycles. The molecule has 3 heteroatoms. The second-order valence-corrected chi connectivity index (χ2v) is 2.99. The van der Waals surface area contributed by atoms with Crippen LogP contribution in [0.1, 0.15) is 12.8 Å². The summed E-state index contributed by atoms with van der Waals surface area (Å²) in [6.45, 7) is 0. The van der Waals surface area contributed by atoms with Crippen LogP contribution in [0.15, 0.2) is 17.3 Å². The van der Waals surface area contributed by atoms with E-state index in [9.17, 15) is 0 Å². The maximum absolute atomic E-state index is 8.82. The second kappa shape index (κ2) is 2.09. The summed E-state index contributed by atoms with van der Waals surface area (Å²) < 4.78 is 0. The van der Waals surface area contributed by atoms with E-state index in [0.717, 1.165) is 12.8 Å². The fourth-order valence-corrected chi connectivity index (χ4v) is 1.25. The zero-order valence-corrected chi connectivity index (χ0v) is 6.12. The van der Waals surface area contributed by atoms with Crippen LogP contribution in [0.5, 0.6) is 0 Å². The van der Waals surface area contributed by atoms with Gasteiger partial charge in [-0.2, -0.15) is 5.26 Å². The van der Waals surface area contributed by atoms with Crippen molar-refractivity contribution in [3.8, 4) is 6.07 Å². The number of hydrogen-bond acceptors (Lipinski definition) is 3. The first-order chi connectivity index (χ1) is 5.37. The van der Waals surface area contributed by atoms with Gasteiger partial charge in [0.2, 0.25) is 0 Å². The average molecular weight is 147 g/mol. The van der Waals surface area contributed by atoms with E-state index in [1.165, 1.54) is 0 Å². The van der Waals surface area contributed by atoms with Gasteiger partial charge in [-0.05, 0) is 25.1 Å². The van der Waals surface area contributed by atoms with Gasteiger partial charge in [0.1, 0.15) is 6.17 Å². The van der Waals surface area contributed by atoms with Crippen LogP contribution >= 0.6 is 0 Å². The molecule has 0 bridgehead atoms. The lowest BCUT2D eigenvalue weighted by Gasteiger charge is -2.18. The highest BCUT2D eigenvalue weighted by molar-refractivity contribution is 5.72. The van der Waals surface area contributed by atoms with Crippen LogP contribution in [0.2, 0.25) is 0 Å². The van der Waals surface area contributed by atoms with Gasteiger partial charge in [0.15, 0.2) is 0 Å². The van der Waals surface area contributed by atoms with Crippen LogP contribution in [0.4, 0.5) is 0 Å². The largest absolute Gasteiger partial charge is 0.368 e. The first-order valence-corrected chi connectivity index (χ1v) is 3.73. The maximum atomic E-state index is 8.82. The fourth-order valence-electron chi connectivity index (χ4n) is 1.25. The van der Waals surface area contributed by atoms with Crippen molar-refractivity contribution in [3.63, 3.8) is 0 Å². The van der Waals surface area contributed by atoms with Crippen LogP contribution in [-0.4, -0.2) is 12.4 Å². The minimum atomic E-state index is -0.193. The lowest BCUT2D eigenvalue weighted by Crippen LogP contribution is -2.33. The summed E-state index contributed by atoms with van der Waals surface area (Å²) in [6.07, 6.45) is 7.38. The third kappa shape index (κ3) is 0.911. The van der Waals surface area contributed by atoms with Gasteiger partial charge in [-0.15, -0.1) is 0 Å². The SMILES string of the molecule is N#CC1(C2N=CC=CN2)CC1. The average Bonchev–Trinajstić information content (AvgIpc) is 2.86. The van der Waals surface area contributed by atoms with Gasteiger partial charge in [-0.25, -0.2) is 0 Å². The molecule has 0 amide bonds. The number of nitrogens with zero attached hydrogens (tertiary/aromatic N) is 2. The number of nitrogens with one attached hydrogen (secondary N) is 1. The third-order valence-electron chi connectivity index (χ3n) is 2.21. The predicted molar refractivity (Wildman–Crippen MR) is 41.8 cm³/mol. The molecule has 0 aromatic carbocycles. The van der Waals surface area contributed by atoms with E-state index >= 15 is 0 Å². The fraction of sp³-hybridized carbons (Fsp3) is 0.500. The predicted octanol–water partition coefficient (Wildman–Crippen LogP) is 0.804. The minimum Gasteiger partial charge on any atom is -0.368 e. The van der Waals surface area contributed by atoms with Crippen molar-refractivity contribution in [3.05, 3.63) is 12.3 Å². The Labute approximate surface area is 65.4 Å². The van der Waals surface area contributed by atoms with Gasteiger partial charge < -0.3 is 5.32 Å². The molecule has 1 saturated carbocycles. The molecule has 11 heavy (non-hydrogen) atoms. The number of rotatable bonds is 1. The summed E-state index contributed by atoms with van der Waals surface area (Å²) in [5, 5.41) is 11.9. The van der Waals surface area contributed by atoms with Crippen molar-refractivity contribution >= 4 is 6.21 Å². The molecule has 1 atom stereocenters. The van der Waals surface area contributed by atoms with Crippen molar-refractivity contribution < 1.29 is 0 Å². The molecular formula is C8H9N3. The summed E-state index contributed by atoms with van der Waals surface area (Å²) in [5.41, 5.74) is -0.193. The lowest BCUT2D eigenvalue weighted by molar-refractivity contribution is 0.457. The smallest absolute Gasteiger partial charge is 0.137 e. The highest BCUT2D eigenvalue weighted by atomic mass is 15.1. The standard InChI is InChI=1S/C8H9N3/c9-6-8(2-3-8)7-10-4-1-5-11-7/h1,4-5,7,10H,2-3H2. The molecule has 1 N–H and O–H groups in total. The van der Waals surface area contributed by atoms with Crippen LogP contribution in [0, 0.1) is 16.7 Å². The lowest BCUT2D eigenvalue weighted by atomic mass is 10.1. The van der Waals surface area contributed by atoms with Gasteiger partial charge in [0.25, 0.3) is 0 Å². The number of hydrogen-bond donors (Lipinski definition) is 1. The topological polar surface area (TPSA) is 48.2 Å². The number of nitriles is 1. The third-order valence-corrected chi connectivity index (χ3v) is 2.21. The van der Waals surface area contributed by atoms with Crippen molar-refractivity contribution in [1.82, 2.24) is 5.32 Å². The van der Waals surface area contributed by atoms with Crippen LogP contribution in [0.3, 0.4) is 0 Å². The Balaban J connectivity index is 2.13. The molecule has 56 valence electrons. The maximum Gasteiger partial charge on any atom is 0.137 e. The molecule has 0 aromatic rings. The highest BCUT2D eigenvalue weighted by Gasteiger charge is 2.50. The zero-order valence-electron chi connectivity index (χ0n) is 6.12. The molecule has 0 spiro atoms. The van der Waals surface area contributed by atoms with Crippen molar-refractivity contribution in [2.24, 2.45) is 10.4 Å². The summed E-state index contributed by atoms with van der Waals surface area (Å²) in [4.78, 5) is 4.19. The molecule has 0 radical (unpaired) electrons. The zero-order chi connectivity index (χ0) is 7.73. The monoisotopic (exact) mass is 147 g/mol. The summed E-state index contributed by atoms with van der Waals surface area (Å²) in [5.74, 6) is 0. The Morgan fingerprint density at radius 1 is 1.64 bits per heavy atom. The molecule has 1 aliphatic carbocycles. The Hall–Kier alpha value is -1.30. The van der Waals surface area contributed by atoms with E-state index in [2.05, 4.69) is 16.4 Å². The normalized spacial score (nSPS) is 30.6. The van der Waals surface area contributed by atoms with Crippen molar-refractivity contribution in [1.29, 1.82) is 5.26 Å². The first-order valence-electron chi connectivity index (χ1n) is 3.73. The molecular weight excluding hydrogens is 138 g/mol. The number of aliphatic imine (C=N–C) groups is 1. The van der Waals surface area contributed by atoms with Crippen molar-refractivity contribution in [2.45, 2.75) is 19.0 Å². The van der Waals surface area contributed by atoms with Gasteiger partial charge in [-0.1, -0.05) is 0 Å². The van der Waals surface area contributed by atoms with E-state index in [0.29, 0.717) is 0 Å². The Kier molecular flexibility index (Phi) is 1.22. The molecule has 2 rings (SSSR count). The first kappa shape index (κ1) is 6.41. The molecule has 3 nitrogen and oxygen atoms in total. The molecule has 0 aromatic heterocycles. The molecule has 1 fully saturated rings. The Morgan fingerprint density at radius 2 is 2.45 bits per heavy atom. The van der Waals surface area contributed by atoms with Crippen LogP contribution in [0.25, 0.3) is 0 Å². The van der Waals surface area contributed by atoms with E-state index in [-0.39, 0.29) is 11.6 Å². The Bertz CT molecular complexity index is 255. The molecule has 1 aliphatic heterocycles. The molecule has 1 unspecified atom stereocenters. The summed E-state index contributed by atoms with van der Waals surface area (Å²) in [6, 6.07) is 2.31. The highest BCUT2D eigenvalue weighted by Crippen LogP contribution is 2.48. The summed E-state index contributed by atoms with van der Waals surface area (Å²) in [7, 11) is 0. The van der Waals surface area contributed by atoms with E-state index in [1.54, 1.807) is 6.21 Å². The van der Waals surface area contributed by atoms with E-state index in [4.69, 9.17) is 5.26 Å². The van der Waals surface area contributed by atoms with E-state index < -0.39 is 0 Å².